The summed E-state index contributed by atoms with van der Waals surface area (Å²) in [5.74, 6) is 0. The Morgan fingerprint density at radius 3 is 1.27 bits per heavy atom. The van der Waals surface area contributed by atoms with Crippen molar-refractivity contribution in [2.75, 3.05) is 12.9 Å². The molecule has 0 heterocycles. The molecule has 172 valence electrons. The summed E-state index contributed by atoms with van der Waals surface area (Å²) in [5.41, 5.74) is 6.93. The van der Waals surface area contributed by atoms with Crippen molar-refractivity contribution in [2.45, 2.75) is 92.9 Å². The zero-order valence-electron chi connectivity index (χ0n) is 20.4. The second-order valence-corrected chi connectivity index (χ2v) is 10.3. The van der Waals surface area contributed by atoms with E-state index < -0.39 is 10.1 Å². The molecule has 0 aliphatic rings. The first-order valence-corrected chi connectivity index (χ1v) is 12.9. The summed E-state index contributed by atoms with van der Waals surface area (Å²) in [5, 5.41) is 0. The molecule has 0 atom stereocenters. The van der Waals surface area contributed by atoms with Gasteiger partial charge in [0, 0.05) is 0 Å². The first kappa shape index (κ1) is 28.6. The summed E-state index contributed by atoms with van der Waals surface area (Å²) in [7, 11) is -3.36. The third-order valence-corrected chi connectivity index (χ3v) is 5.46. The summed E-state index contributed by atoms with van der Waals surface area (Å²) in [4.78, 5) is 0. The number of hydrogen-bond acceptors (Lipinski definition) is 3. The molecule has 0 rings (SSSR count). The average molecular weight is 437 g/mol. The zero-order chi connectivity index (χ0) is 23.0. The van der Waals surface area contributed by atoms with E-state index in [9.17, 15) is 8.42 Å². The fraction of sp³-hybridized carbons (Fsp3) is 0.615. The molecule has 3 nitrogen and oxygen atoms in total. The molecule has 0 bridgehead atoms. The van der Waals surface area contributed by atoms with E-state index in [1.54, 1.807) is 0 Å². The highest BCUT2D eigenvalue weighted by molar-refractivity contribution is 7.85. The maximum absolute atomic E-state index is 10.9. The maximum Gasteiger partial charge on any atom is 0.264 e. The van der Waals surface area contributed by atoms with Crippen LogP contribution in [0.5, 0.6) is 0 Å². The van der Waals surface area contributed by atoms with Gasteiger partial charge >= 0.3 is 0 Å². The summed E-state index contributed by atoms with van der Waals surface area (Å²) < 4.78 is 26.6. The summed E-state index contributed by atoms with van der Waals surface area (Å²) in [6.07, 6.45) is 20.9. The molecule has 0 amide bonds. The van der Waals surface area contributed by atoms with Crippen LogP contribution in [0.2, 0.25) is 0 Å². The Bertz CT molecular complexity index is 743. The fourth-order valence-corrected chi connectivity index (χ4v) is 3.25. The van der Waals surface area contributed by atoms with Gasteiger partial charge in [-0.15, -0.1) is 0 Å². The molecule has 0 N–H and O–H groups in total. The van der Waals surface area contributed by atoms with Gasteiger partial charge in [-0.3, -0.25) is 4.18 Å². The molecule has 0 aromatic carbocycles. The van der Waals surface area contributed by atoms with Gasteiger partial charge in [0.1, 0.15) is 0 Å². The van der Waals surface area contributed by atoms with Gasteiger partial charge in [-0.25, -0.2) is 0 Å². The average Bonchev–Trinajstić information content (AvgIpc) is 2.60. The topological polar surface area (TPSA) is 43.4 Å². The van der Waals surface area contributed by atoms with Crippen LogP contribution in [-0.4, -0.2) is 21.3 Å². The van der Waals surface area contributed by atoms with Crippen LogP contribution in [0.15, 0.2) is 58.2 Å². The van der Waals surface area contributed by atoms with Gasteiger partial charge in [0.05, 0.1) is 12.9 Å². The largest absolute Gasteiger partial charge is 0.266 e. The Hall–Kier alpha value is -1.39. The molecule has 0 unspecified atom stereocenters. The Balaban J connectivity index is 4.11. The smallest absolute Gasteiger partial charge is 0.264 e. The minimum atomic E-state index is -3.36. The molecule has 0 aliphatic heterocycles. The van der Waals surface area contributed by atoms with E-state index in [4.69, 9.17) is 4.18 Å². The van der Waals surface area contributed by atoms with E-state index in [1.165, 1.54) is 22.3 Å². The number of allylic oxidation sites excluding steroid dienone is 9. The lowest BCUT2D eigenvalue weighted by atomic mass is 10.0. The second-order valence-electron chi connectivity index (χ2n) is 8.63. The quantitative estimate of drug-likeness (QED) is 0.194. The molecule has 0 aromatic rings. The lowest BCUT2D eigenvalue weighted by Crippen LogP contribution is -2.02. The molecule has 0 aromatic heterocycles. The van der Waals surface area contributed by atoms with Crippen molar-refractivity contribution in [3.63, 3.8) is 0 Å². The molecule has 0 saturated heterocycles. The Labute approximate surface area is 186 Å². The van der Waals surface area contributed by atoms with Crippen molar-refractivity contribution in [1.82, 2.24) is 0 Å². The first-order chi connectivity index (χ1) is 14.0. The van der Waals surface area contributed by atoms with Gasteiger partial charge in [0.15, 0.2) is 0 Å². The Kier molecular flexibility index (Phi) is 15.6. The summed E-state index contributed by atoms with van der Waals surface area (Å²) in [6, 6.07) is 0. The Morgan fingerprint density at radius 1 is 0.600 bits per heavy atom. The highest BCUT2D eigenvalue weighted by Crippen LogP contribution is 2.14. The van der Waals surface area contributed by atoms with E-state index in [0.717, 1.165) is 63.2 Å². The van der Waals surface area contributed by atoms with Crippen LogP contribution in [0.25, 0.3) is 0 Å². The van der Waals surface area contributed by atoms with Gasteiger partial charge in [-0.1, -0.05) is 58.2 Å². The van der Waals surface area contributed by atoms with Crippen LogP contribution >= 0.6 is 0 Å². The molecule has 30 heavy (non-hydrogen) atoms. The molecule has 4 heteroatoms. The van der Waals surface area contributed by atoms with Crippen molar-refractivity contribution >= 4 is 10.1 Å². The third-order valence-electron chi connectivity index (χ3n) is 4.90. The monoisotopic (exact) mass is 436 g/mol. The van der Waals surface area contributed by atoms with Crippen molar-refractivity contribution in [2.24, 2.45) is 0 Å². The van der Waals surface area contributed by atoms with Crippen LogP contribution < -0.4 is 0 Å². The first-order valence-electron chi connectivity index (χ1n) is 11.1. The van der Waals surface area contributed by atoms with Gasteiger partial charge < -0.3 is 0 Å². The number of rotatable bonds is 15. The van der Waals surface area contributed by atoms with E-state index in [0.29, 0.717) is 0 Å². The van der Waals surface area contributed by atoms with E-state index in [-0.39, 0.29) is 6.61 Å². The maximum atomic E-state index is 10.9. The van der Waals surface area contributed by atoms with Crippen LogP contribution in [0.3, 0.4) is 0 Å². The van der Waals surface area contributed by atoms with Crippen molar-refractivity contribution in [1.29, 1.82) is 0 Å². The van der Waals surface area contributed by atoms with Gasteiger partial charge in [0.25, 0.3) is 10.1 Å². The normalized spacial score (nSPS) is 14.2. The minimum Gasteiger partial charge on any atom is -0.266 e. The van der Waals surface area contributed by atoms with Gasteiger partial charge in [-0.2, -0.15) is 8.42 Å². The summed E-state index contributed by atoms with van der Waals surface area (Å²) in [6.45, 7) is 13.1. The predicted molar refractivity (Wildman–Crippen MR) is 132 cm³/mol. The molecular weight excluding hydrogens is 392 g/mol. The third kappa shape index (κ3) is 19.9. The SMILES string of the molecule is CC(C)=CCC/C(C)=C/CCC(C)=CCCC(C)=CCCC(C)=CCOS(C)(=O)=O. The molecule has 0 radical (unpaired) electrons. The minimum absolute atomic E-state index is 0.127. The zero-order valence-corrected chi connectivity index (χ0v) is 21.2. The molecule has 0 spiro atoms. The van der Waals surface area contributed by atoms with E-state index >= 15 is 0 Å². The molecule has 0 fully saturated rings. The lowest BCUT2D eigenvalue weighted by Gasteiger charge is -2.03. The summed E-state index contributed by atoms with van der Waals surface area (Å²) >= 11 is 0. The van der Waals surface area contributed by atoms with Crippen LogP contribution in [-0.2, 0) is 14.3 Å². The van der Waals surface area contributed by atoms with Crippen LogP contribution in [0.1, 0.15) is 92.9 Å². The molecule has 0 saturated carbocycles. The highest BCUT2D eigenvalue weighted by atomic mass is 32.2. The van der Waals surface area contributed by atoms with Crippen molar-refractivity contribution < 1.29 is 12.6 Å². The van der Waals surface area contributed by atoms with Crippen LogP contribution in [0, 0.1) is 0 Å². The van der Waals surface area contributed by atoms with E-state index in [2.05, 4.69) is 58.9 Å². The van der Waals surface area contributed by atoms with E-state index in [1.807, 2.05) is 13.0 Å². The van der Waals surface area contributed by atoms with Gasteiger partial charge in [0.2, 0.25) is 0 Å². The molecule has 0 aliphatic carbocycles. The predicted octanol–water partition coefficient (Wildman–Crippen LogP) is 7.83. The lowest BCUT2D eigenvalue weighted by molar-refractivity contribution is 0.360. The highest BCUT2D eigenvalue weighted by Gasteiger charge is 1.99. The standard InChI is InChI=1S/C26H44O3S/c1-22(2)12-8-13-23(3)14-9-15-24(4)16-10-17-25(5)18-11-19-26(6)20-21-29-30(7,27)28/h12,14,16,18,20H,8-11,13,15,17,19,21H2,1-7H3/b23-14+,24-16?,25-18?,26-20?. The van der Waals surface area contributed by atoms with Crippen molar-refractivity contribution in [3.8, 4) is 0 Å². The van der Waals surface area contributed by atoms with Crippen LogP contribution in [0.4, 0.5) is 0 Å². The van der Waals surface area contributed by atoms with Crippen molar-refractivity contribution in [3.05, 3.63) is 58.2 Å². The fourth-order valence-electron chi connectivity index (χ4n) is 2.94. The Morgan fingerprint density at radius 2 is 0.933 bits per heavy atom. The number of hydrogen-bond donors (Lipinski definition) is 0. The van der Waals surface area contributed by atoms with Gasteiger partial charge in [-0.05, 0) is 92.9 Å². The second kappa shape index (κ2) is 16.3. The molecular formula is C26H44O3S.